The molecular weight excluding hydrogens is 750 g/mol. The lowest BCUT2D eigenvalue weighted by molar-refractivity contribution is -0.137. The molecule has 0 fully saturated rings. The average Bonchev–Trinajstić information content (AvgIpc) is 3.62. The van der Waals surface area contributed by atoms with E-state index >= 15 is 0 Å². The van der Waals surface area contributed by atoms with Gasteiger partial charge in [0.1, 0.15) is 0 Å². The molecule has 0 atom stereocenters. The number of halogens is 3. The second-order valence-electron chi connectivity index (χ2n) is 14.9. The number of aryl methyl sites for hydroxylation is 1. The van der Waals surface area contributed by atoms with E-state index < -0.39 is 11.7 Å². The lowest BCUT2D eigenvalue weighted by atomic mass is 9.91. The molecule has 288 valence electrons. The van der Waals surface area contributed by atoms with Crippen LogP contribution >= 0.6 is 0 Å². The fourth-order valence-electron chi connectivity index (χ4n) is 8.08. The average molecular weight is 785 g/mol. The van der Waals surface area contributed by atoms with E-state index in [1.165, 1.54) is 12.1 Å². The van der Waals surface area contributed by atoms with Crippen LogP contribution in [0.1, 0.15) is 11.1 Å². The summed E-state index contributed by atoms with van der Waals surface area (Å²) < 4.78 is 45.9. The normalized spacial score (nSPS) is 11.7. The molecule has 0 saturated heterocycles. The molecule has 0 amide bonds. The summed E-state index contributed by atoms with van der Waals surface area (Å²) in [6.07, 6.45) is -4.56. The van der Waals surface area contributed by atoms with E-state index in [9.17, 15) is 13.2 Å². The Morgan fingerprint density at radius 1 is 0.383 bits per heavy atom. The topological polar surface area (TPSA) is 43.6 Å². The van der Waals surface area contributed by atoms with Gasteiger partial charge >= 0.3 is 6.18 Å². The predicted molar refractivity (Wildman–Crippen MR) is 237 cm³/mol. The summed E-state index contributed by atoms with van der Waals surface area (Å²) in [6, 6.07) is 62.1. The molecule has 0 spiro atoms. The zero-order chi connectivity index (χ0) is 40.8. The van der Waals surface area contributed by atoms with Gasteiger partial charge < -0.3 is 4.57 Å². The summed E-state index contributed by atoms with van der Waals surface area (Å²) in [5.74, 6) is 1.36. The van der Waals surface area contributed by atoms with E-state index in [-0.39, 0.29) is 0 Å². The molecule has 0 bridgehead atoms. The van der Waals surface area contributed by atoms with Gasteiger partial charge in [-0.05, 0) is 71.6 Å². The van der Waals surface area contributed by atoms with Crippen LogP contribution in [0.25, 0.3) is 95.0 Å². The number of nitrogens with zero attached hydrogens (tertiary/aromatic N) is 4. The second-order valence-corrected chi connectivity index (χ2v) is 14.9. The minimum Gasteiger partial charge on any atom is -0.308 e. The van der Waals surface area contributed by atoms with Crippen molar-refractivity contribution in [3.05, 3.63) is 205 Å². The number of hydrogen-bond donors (Lipinski definition) is 0. The highest BCUT2D eigenvalue weighted by Crippen LogP contribution is 2.45. The highest BCUT2D eigenvalue weighted by atomic mass is 19.4. The van der Waals surface area contributed by atoms with Crippen LogP contribution < -0.4 is 0 Å². The van der Waals surface area contributed by atoms with E-state index in [2.05, 4.69) is 59.2 Å². The maximum Gasteiger partial charge on any atom is 0.416 e. The summed E-state index contributed by atoms with van der Waals surface area (Å²) in [4.78, 5) is 15.0. The van der Waals surface area contributed by atoms with Crippen molar-refractivity contribution < 1.29 is 13.2 Å². The third-order valence-electron chi connectivity index (χ3n) is 10.9. The van der Waals surface area contributed by atoms with Crippen molar-refractivity contribution in [3.63, 3.8) is 0 Å². The number of aromatic nitrogens is 4. The Morgan fingerprint density at radius 3 is 1.48 bits per heavy atom. The van der Waals surface area contributed by atoms with Crippen molar-refractivity contribution in [2.45, 2.75) is 13.1 Å². The fourth-order valence-corrected chi connectivity index (χ4v) is 8.08. The molecular formula is C53H35F3N4. The molecule has 0 unspecified atom stereocenters. The van der Waals surface area contributed by atoms with E-state index in [0.717, 1.165) is 72.5 Å². The number of benzene rings is 8. The number of para-hydroxylation sites is 1. The number of alkyl halides is 3. The van der Waals surface area contributed by atoms with Gasteiger partial charge in [-0.15, -0.1) is 0 Å². The maximum atomic E-state index is 14.6. The van der Waals surface area contributed by atoms with Gasteiger partial charge in [-0.3, -0.25) is 0 Å². The van der Waals surface area contributed by atoms with Crippen molar-refractivity contribution in [2.75, 3.05) is 0 Å². The molecule has 2 heterocycles. The minimum absolute atomic E-state index is 0.395. The number of hydrogen-bond acceptors (Lipinski definition) is 3. The highest BCUT2D eigenvalue weighted by Gasteiger charge is 2.31. The minimum atomic E-state index is -4.56. The van der Waals surface area contributed by atoms with Crippen molar-refractivity contribution in [1.82, 2.24) is 19.5 Å². The van der Waals surface area contributed by atoms with Gasteiger partial charge in [0.2, 0.25) is 0 Å². The van der Waals surface area contributed by atoms with Crippen LogP contribution in [0, 0.1) is 6.92 Å². The van der Waals surface area contributed by atoms with Crippen molar-refractivity contribution in [1.29, 1.82) is 0 Å². The van der Waals surface area contributed by atoms with Gasteiger partial charge in [-0.1, -0.05) is 157 Å². The monoisotopic (exact) mass is 784 g/mol. The van der Waals surface area contributed by atoms with Crippen LogP contribution in [-0.4, -0.2) is 19.5 Å². The van der Waals surface area contributed by atoms with Crippen LogP contribution in [0.5, 0.6) is 0 Å². The summed E-state index contributed by atoms with van der Waals surface area (Å²) >= 11 is 0. The first kappa shape index (κ1) is 36.7. The summed E-state index contributed by atoms with van der Waals surface area (Å²) in [7, 11) is 0. The summed E-state index contributed by atoms with van der Waals surface area (Å²) in [6.45, 7) is 2.04. The SMILES string of the molecule is Cc1cccc(-c2cc(-c3nc(-c4ccccc4)nc(-c4ccccc4)n3)cc(-c3cccc(C(F)(F)F)c3)c2-n2c3ccccc3c3cc(-c4ccccc4)ccc32)c1. The lowest BCUT2D eigenvalue weighted by Crippen LogP contribution is -2.06. The molecule has 0 aliphatic carbocycles. The molecule has 2 aromatic heterocycles. The standard InChI is InChI=1S/C53H35F3N4/c1-34-15-13-22-39(29-34)44-32-41(52-58-50(36-18-7-3-8-19-36)57-51(59-52)37-20-9-4-10-21-37)33-45(40-23-14-24-42(30-40)53(54,55)56)49(44)60-47-26-12-11-25-43(47)46-31-38(27-28-48(46)60)35-16-5-2-6-17-35/h2-33H,1H3. The largest absolute Gasteiger partial charge is 0.416 e. The van der Waals surface area contributed by atoms with Crippen molar-refractivity contribution in [3.8, 4) is 73.2 Å². The number of fused-ring (bicyclic) bond motifs is 3. The van der Waals surface area contributed by atoms with Crippen LogP contribution in [0.15, 0.2) is 194 Å². The maximum absolute atomic E-state index is 14.6. The highest BCUT2D eigenvalue weighted by molar-refractivity contribution is 6.12. The summed E-state index contributed by atoms with van der Waals surface area (Å²) in [5, 5.41) is 2.05. The Hall–Kier alpha value is -7.64. The Bertz CT molecular complexity index is 3140. The Kier molecular flexibility index (Phi) is 9.14. The number of rotatable bonds is 7. The third kappa shape index (κ3) is 6.80. The van der Waals surface area contributed by atoms with Crippen LogP contribution in [0.2, 0.25) is 0 Å². The molecule has 8 aromatic carbocycles. The van der Waals surface area contributed by atoms with Gasteiger partial charge in [-0.2, -0.15) is 13.2 Å². The van der Waals surface area contributed by atoms with Gasteiger partial charge in [0, 0.05) is 38.6 Å². The first-order valence-electron chi connectivity index (χ1n) is 19.7. The van der Waals surface area contributed by atoms with Crippen LogP contribution in [-0.2, 0) is 6.18 Å². The molecule has 10 aromatic rings. The zero-order valence-electron chi connectivity index (χ0n) is 32.4. The van der Waals surface area contributed by atoms with Gasteiger partial charge in [0.25, 0.3) is 0 Å². The third-order valence-corrected chi connectivity index (χ3v) is 10.9. The summed E-state index contributed by atoms with van der Waals surface area (Å²) in [5.41, 5.74) is 10.00. The smallest absolute Gasteiger partial charge is 0.308 e. The first-order valence-corrected chi connectivity index (χ1v) is 19.7. The zero-order valence-corrected chi connectivity index (χ0v) is 32.4. The Balaban J connectivity index is 1.33. The molecule has 0 radical (unpaired) electrons. The molecule has 10 rings (SSSR count). The van der Waals surface area contributed by atoms with E-state index in [0.29, 0.717) is 34.2 Å². The van der Waals surface area contributed by atoms with E-state index in [4.69, 9.17) is 15.0 Å². The van der Waals surface area contributed by atoms with Gasteiger partial charge in [0.05, 0.1) is 22.3 Å². The van der Waals surface area contributed by atoms with Gasteiger partial charge in [0.15, 0.2) is 17.5 Å². The quantitative estimate of drug-likeness (QED) is 0.162. The molecule has 60 heavy (non-hydrogen) atoms. The van der Waals surface area contributed by atoms with Crippen LogP contribution in [0.4, 0.5) is 13.2 Å². The molecule has 0 aliphatic rings. The van der Waals surface area contributed by atoms with E-state index in [1.54, 1.807) is 6.07 Å². The fraction of sp³-hybridized carbons (Fsp3) is 0.0377. The molecule has 0 aliphatic heterocycles. The molecule has 4 nitrogen and oxygen atoms in total. The Morgan fingerprint density at radius 2 is 0.883 bits per heavy atom. The van der Waals surface area contributed by atoms with Crippen LogP contribution in [0.3, 0.4) is 0 Å². The lowest BCUT2D eigenvalue weighted by Gasteiger charge is -2.22. The van der Waals surface area contributed by atoms with E-state index in [1.807, 2.05) is 122 Å². The van der Waals surface area contributed by atoms with Crippen molar-refractivity contribution in [2.24, 2.45) is 0 Å². The predicted octanol–water partition coefficient (Wildman–Crippen LogP) is 14.3. The molecule has 0 saturated carbocycles. The second kappa shape index (κ2) is 14.9. The Labute approximate surface area is 344 Å². The molecule has 0 N–H and O–H groups in total. The van der Waals surface area contributed by atoms with Crippen molar-refractivity contribution >= 4 is 21.8 Å². The molecule has 7 heteroatoms. The first-order chi connectivity index (χ1) is 29.3. The van der Waals surface area contributed by atoms with Gasteiger partial charge in [-0.25, -0.2) is 15.0 Å².